The van der Waals surface area contributed by atoms with E-state index < -0.39 is 0 Å². The molecule has 2 amide bonds. The summed E-state index contributed by atoms with van der Waals surface area (Å²) in [6.07, 6.45) is 7.18. The summed E-state index contributed by atoms with van der Waals surface area (Å²) in [6.45, 7) is 3.44. The fourth-order valence-electron chi connectivity index (χ4n) is 5.26. The number of tetrazole rings is 1. The zero-order chi connectivity index (χ0) is 26.7. The second kappa shape index (κ2) is 14.1. The number of rotatable bonds is 13. The minimum absolute atomic E-state index is 0.0553. The predicted octanol–water partition coefficient (Wildman–Crippen LogP) is 4.90. The number of hydrogen-bond donors (Lipinski definition) is 3. The predicted molar refractivity (Wildman–Crippen MR) is 152 cm³/mol. The molecule has 1 unspecified atom stereocenters. The molecule has 0 radical (unpaired) electrons. The molecule has 0 saturated heterocycles. The van der Waals surface area contributed by atoms with Crippen LogP contribution in [-0.4, -0.2) is 56.2 Å². The van der Waals surface area contributed by atoms with Crippen LogP contribution in [0.15, 0.2) is 48.5 Å². The average Bonchev–Trinajstić information content (AvgIpc) is 3.66. The van der Waals surface area contributed by atoms with Gasteiger partial charge in [-0.25, -0.2) is 5.10 Å². The lowest BCUT2D eigenvalue weighted by Gasteiger charge is -2.24. The SMILES string of the molecule is CCCC(=O)N(CCNC(=O)C(CS)CC1CCCC1)Cc1ccc(-c2ccccc2-c2nnn[nH]2)cc1. The van der Waals surface area contributed by atoms with Crippen LogP contribution in [0.1, 0.15) is 57.4 Å². The highest BCUT2D eigenvalue weighted by atomic mass is 32.1. The van der Waals surface area contributed by atoms with E-state index in [1.54, 1.807) is 0 Å². The molecular weight excluding hydrogens is 496 g/mol. The third-order valence-corrected chi connectivity index (χ3v) is 7.79. The molecule has 202 valence electrons. The lowest BCUT2D eigenvalue weighted by Crippen LogP contribution is -2.40. The molecule has 0 aliphatic heterocycles. The van der Waals surface area contributed by atoms with Crippen molar-refractivity contribution in [2.24, 2.45) is 11.8 Å². The highest BCUT2D eigenvalue weighted by Gasteiger charge is 2.24. The van der Waals surface area contributed by atoms with Gasteiger partial charge in [-0.3, -0.25) is 9.59 Å². The van der Waals surface area contributed by atoms with Crippen LogP contribution in [0.3, 0.4) is 0 Å². The minimum atomic E-state index is -0.0654. The Bertz CT molecular complexity index is 1160. The smallest absolute Gasteiger partial charge is 0.224 e. The minimum Gasteiger partial charge on any atom is -0.354 e. The molecule has 2 N–H and O–H groups in total. The number of aromatic amines is 1. The first-order valence-corrected chi connectivity index (χ1v) is 14.3. The lowest BCUT2D eigenvalue weighted by molar-refractivity contribution is -0.132. The van der Waals surface area contributed by atoms with Crippen LogP contribution in [0.2, 0.25) is 0 Å². The van der Waals surface area contributed by atoms with Crippen LogP contribution < -0.4 is 5.32 Å². The van der Waals surface area contributed by atoms with E-state index in [4.69, 9.17) is 0 Å². The van der Waals surface area contributed by atoms with Gasteiger partial charge < -0.3 is 10.2 Å². The van der Waals surface area contributed by atoms with Gasteiger partial charge in [0, 0.05) is 43.3 Å². The fraction of sp³-hybridized carbons (Fsp3) is 0.483. The summed E-state index contributed by atoms with van der Waals surface area (Å²) in [4.78, 5) is 27.5. The van der Waals surface area contributed by atoms with E-state index in [-0.39, 0.29) is 17.7 Å². The van der Waals surface area contributed by atoms with Crippen molar-refractivity contribution >= 4 is 24.4 Å². The normalized spacial score (nSPS) is 14.4. The van der Waals surface area contributed by atoms with E-state index in [2.05, 4.69) is 50.7 Å². The van der Waals surface area contributed by atoms with Crippen molar-refractivity contribution in [1.82, 2.24) is 30.8 Å². The number of nitrogens with zero attached hydrogens (tertiary/aromatic N) is 4. The topological polar surface area (TPSA) is 104 Å². The van der Waals surface area contributed by atoms with Gasteiger partial charge in [0.05, 0.1) is 0 Å². The van der Waals surface area contributed by atoms with Gasteiger partial charge in [-0.1, -0.05) is 81.1 Å². The Morgan fingerprint density at radius 3 is 2.50 bits per heavy atom. The van der Waals surface area contributed by atoms with Crippen LogP contribution in [-0.2, 0) is 16.1 Å². The third-order valence-electron chi connectivity index (χ3n) is 7.35. The van der Waals surface area contributed by atoms with Crippen molar-refractivity contribution in [3.05, 3.63) is 54.1 Å². The van der Waals surface area contributed by atoms with Crippen LogP contribution in [0.4, 0.5) is 0 Å². The van der Waals surface area contributed by atoms with Gasteiger partial charge >= 0.3 is 0 Å². The van der Waals surface area contributed by atoms with Crippen molar-refractivity contribution in [3.63, 3.8) is 0 Å². The maximum Gasteiger partial charge on any atom is 0.224 e. The molecular formula is C29H38N6O2S. The molecule has 1 atom stereocenters. The summed E-state index contributed by atoms with van der Waals surface area (Å²) < 4.78 is 0. The Hall–Kier alpha value is -3.20. The molecule has 1 fully saturated rings. The third kappa shape index (κ3) is 7.43. The zero-order valence-corrected chi connectivity index (χ0v) is 23.0. The number of carbonyl (C=O) groups is 2. The molecule has 0 bridgehead atoms. The molecule has 1 aliphatic rings. The first-order chi connectivity index (χ1) is 18.6. The number of benzene rings is 2. The molecule has 1 aliphatic carbocycles. The van der Waals surface area contributed by atoms with Gasteiger partial charge in [-0.05, 0) is 45.9 Å². The lowest BCUT2D eigenvalue weighted by atomic mass is 9.94. The molecule has 4 rings (SSSR count). The Morgan fingerprint density at radius 1 is 1.11 bits per heavy atom. The summed E-state index contributed by atoms with van der Waals surface area (Å²) in [7, 11) is 0. The molecule has 1 heterocycles. The van der Waals surface area contributed by atoms with Crippen molar-refractivity contribution in [2.75, 3.05) is 18.8 Å². The van der Waals surface area contributed by atoms with Crippen LogP contribution >= 0.6 is 12.6 Å². The van der Waals surface area contributed by atoms with E-state index in [0.29, 0.717) is 43.6 Å². The van der Waals surface area contributed by atoms with Crippen molar-refractivity contribution < 1.29 is 9.59 Å². The second-order valence-corrected chi connectivity index (χ2v) is 10.5. The van der Waals surface area contributed by atoms with E-state index in [9.17, 15) is 9.59 Å². The number of thiol groups is 1. The van der Waals surface area contributed by atoms with Gasteiger partial charge in [0.2, 0.25) is 11.8 Å². The summed E-state index contributed by atoms with van der Waals surface area (Å²) in [5.74, 6) is 1.91. The van der Waals surface area contributed by atoms with Gasteiger partial charge in [-0.15, -0.1) is 5.10 Å². The maximum atomic E-state index is 12.9. The molecule has 0 spiro atoms. The number of hydrogen-bond acceptors (Lipinski definition) is 6. The largest absolute Gasteiger partial charge is 0.354 e. The summed E-state index contributed by atoms with van der Waals surface area (Å²) in [5.41, 5.74) is 4.03. The zero-order valence-electron chi connectivity index (χ0n) is 22.1. The molecule has 2 aromatic carbocycles. The van der Waals surface area contributed by atoms with Gasteiger partial charge in [0.25, 0.3) is 0 Å². The van der Waals surface area contributed by atoms with Crippen molar-refractivity contribution in [1.29, 1.82) is 0 Å². The first-order valence-electron chi connectivity index (χ1n) is 13.7. The Balaban J connectivity index is 1.37. The van der Waals surface area contributed by atoms with Crippen LogP contribution in [0.5, 0.6) is 0 Å². The first kappa shape index (κ1) is 27.8. The molecule has 8 nitrogen and oxygen atoms in total. The fourth-order valence-corrected chi connectivity index (χ4v) is 5.57. The van der Waals surface area contributed by atoms with E-state index in [1.807, 2.05) is 48.2 Å². The Morgan fingerprint density at radius 2 is 1.84 bits per heavy atom. The highest BCUT2D eigenvalue weighted by molar-refractivity contribution is 7.80. The monoisotopic (exact) mass is 534 g/mol. The summed E-state index contributed by atoms with van der Waals surface area (Å²) in [5, 5.41) is 17.3. The van der Waals surface area contributed by atoms with Gasteiger partial charge in [0.1, 0.15) is 0 Å². The number of nitrogens with one attached hydrogen (secondary N) is 2. The van der Waals surface area contributed by atoms with E-state index >= 15 is 0 Å². The van der Waals surface area contributed by atoms with Gasteiger partial charge in [0.15, 0.2) is 5.82 Å². The summed E-state index contributed by atoms with van der Waals surface area (Å²) >= 11 is 4.44. The standard InChI is InChI=1S/C29H38N6O2S/c1-2-7-27(36)35(17-16-30-29(37)24(20-38)18-21-8-3-4-9-21)19-22-12-14-23(15-13-22)25-10-5-6-11-26(25)28-31-33-34-32-28/h5-6,10-15,21,24,38H,2-4,7-9,16-20H2,1H3,(H,30,37)(H,31,32,33,34). The Labute approximate surface area is 230 Å². The number of H-pyrrole nitrogens is 1. The Kier molecular flexibility index (Phi) is 10.3. The summed E-state index contributed by atoms with van der Waals surface area (Å²) in [6, 6.07) is 16.2. The van der Waals surface area contributed by atoms with Crippen LogP contribution in [0, 0.1) is 11.8 Å². The molecule has 3 aromatic rings. The number of amides is 2. The molecule has 9 heteroatoms. The molecule has 38 heavy (non-hydrogen) atoms. The van der Waals surface area contributed by atoms with Gasteiger partial charge in [-0.2, -0.15) is 12.6 Å². The number of aromatic nitrogens is 4. The highest BCUT2D eigenvalue weighted by Crippen LogP contribution is 2.31. The van der Waals surface area contributed by atoms with E-state index in [0.717, 1.165) is 35.1 Å². The quantitative estimate of drug-likeness (QED) is 0.271. The molecule has 1 aromatic heterocycles. The maximum absolute atomic E-state index is 12.9. The number of carbonyl (C=O) groups excluding carboxylic acids is 2. The molecule has 1 saturated carbocycles. The van der Waals surface area contributed by atoms with Crippen LogP contribution in [0.25, 0.3) is 22.5 Å². The second-order valence-electron chi connectivity index (χ2n) is 10.1. The van der Waals surface area contributed by atoms with E-state index in [1.165, 1.54) is 25.7 Å². The average molecular weight is 535 g/mol. The van der Waals surface area contributed by atoms with Crippen molar-refractivity contribution in [3.8, 4) is 22.5 Å². The van der Waals surface area contributed by atoms with Crippen molar-refractivity contribution in [2.45, 2.75) is 58.4 Å².